The number of aromatic nitrogens is 2. The quantitative estimate of drug-likeness (QED) is 0.856. The Bertz CT molecular complexity index is 491. The third-order valence-corrected chi connectivity index (χ3v) is 2.54. The lowest BCUT2D eigenvalue weighted by atomic mass is 10.1. The monoisotopic (exact) mass is 219 g/mol. The Morgan fingerprint density at radius 3 is 2.81 bits per heavy atom. The zero-order chi connectivity index (χ0) is 11.5. The van der Waals surface area contributed by atoms with E-state index in [-0.39, 0.29) is 5.82 Å². The van der Waals surface area contributed by atoms with Gasteiger partial charge in [-0.15, -0.1) is 0 Å². The van der Waals surface area contributed by atoms with E-state index < -0.39 is 0 Å². The van der Waals surface area contributed by atoms with Gasteiger partial charge in [-0.2, -0.15) is 5.10 Å². The minimum absolute atomic E-state index is 0.204. The van der Waals surface area contributed by atoms with Gasteiger partial charge in [0, 0.05) is 12.7 Å². The molecule has 0 aliphatic rings. The average molecular weight is 219 g/mol. The molecular weight excluding hydrogens is 205 g/mol. The molecule has 0 saturated carbocycles. The molecule has 16 heavy (non-hydrogen) atoms. The first-order valence-electron chi connectivity index (χ1n) is 5.16. The van der Waals surface area contributed by atoms with Gasteiger partial charge in [-0.05, 0) is 36.2 Å². The van der Waals surface area contributed by atoms with Gasteiger partial charge in [0.15, 0.2) is 0 Å². The second-order valence-corrected chi connectivity index (χ2v) is 3.78. The lowest BCUT2D eigenvalue weighted by Crippen LogP contribution is -2.04. The zero-order valence-electron chi connectivity index (χ0n) is 9.15. The van der Waals surface area contributed by atoms with Crippen molar-refractivity contribution in [1.29, 1.82) is 0 Å². The molecular formula is C12H14FN3. The van der Waals surface area contributed by atoms with Gasteiger partial charge in [-0.25, -0.2) is 4.39 Å². The number of hydrogen-bond acceptors (Lipinski definition) is 2. The van der Waals surface area contributed by atoms with Crippen LogP contribution in [0.3, 0.4) is 0 Å². The number of benzene rings is 1. The van der Waals surface area contributed by atoms with Crippen LogP contribution in [0.25, 0.3) is 0 Å². The molecule has 0 aliphatic heterocycles. The number of aryl methyl sites for hydroxylation is 1. The van der Waals surface area contributed by atoms with Crippen LogP contribution in [0.1, 0.15) is 16.8 Å². The van der Waals surface area contributed by atoms with Crippen LogP contribution in [0.15, 0.2) is 30.5 Å². The minimum atomic E-state index is -0.204. The molecule has 0 saturated heterocycles. The van der Waals surface area contributed by atoms with Crippen molar-refractivity contribution in [2.24, 2.45) is 5.73 Å². The van der Waals surface area contributed by atoms with E-state index >= 15 is 0 Å². The number of halogens is 1. The van der Waals surface area contributed by atoms with Crippen molar-refractivity contribution in [1.82, 2.24) is 9.78 Å². The van der Waals surface area contributed by atoms with Crippen molar-refractivity contribution in [3.8, 4) is 0 Å². The third kappa shape index (κ3) is 2.28. The molecule has 0 fully saturated rings. The van der Waals surface area contributed by atoms with Crippen molar-refractivity contribution in [3.63, 3.8) is 0 Å². The maximum Gasteiger partial charge on any atom is 0.123 e. The molecule has 1 aromatic carbocycles. The van der Waals surface area contributed by atoms with E-state index in [1.165, 1.54) is 12.1 Å². The summed E-state index contributed by atoms with van der Waals surface area (Å²) >= 11 is 0. The predicted molar refractivity (Wildman–Crippen MR) is 60.4 cm³/mol. The van der Waals surface area contributed by atoms with Crippen LogP contribution in [0.4, 0.5) is 4.39 Å². The maximum absolute atomic E-state index is 12.9. The fourth-order valence-electron chi connectivity index (χ4n) is 1.61. The van der Waals surface area contributed by atoms with Gasteiger partial charge < -0.3 is 5.73 Å². The number of rotatable bonds is 3. The third-order valence-electron chi connectivity index (χ3n) is 2.54. The Morgan fingerprint density at radius 1 is 1.38 bits per heavy atom. The topological polar surface area (TPSA) is 43.8 Å². The summed E-state index contributed by atoms with van der Waals surface area (Å²) in [6.45, 7) is 2.98. The Morgan fingerprint density at radius 2 is 2.19 bits per heavy atom. The summed E-state index contributed by atoms with van der Waals surface area (Å²) in [5, 5.41) is 4.29. The molecule has 0 spiro atoms. The molecule has 84 valence electrons. The summed E-state index contributed by atoms with van der Waals surface area (Å²) in [6, 6.07) is 6.67. The van der Waals surface area contributed by atoms with E-state index in [1.807, 2.05) is 23.9 Å². The second-order valence-electron chi connectivity index (χ2n) is 3.78. The molecule has 0 unspecified atom stereocenters. The summed E-state index contributed by atoms with van der Waals surface area (Å²) in [5.74, 6) is -0.204. The summed E-state index contributed by atoms with van der Waals surface area (Å²) in [6.07, 6.45) is 1.88. The molecule has 4 heteroatoms. The summed E-state index contributed by atoms with van der Waals surface area (Å²) in [4.78, 5) is 0. The van der Waals surface area contributed by atoms with E-state index in [0.29, 0.717) is 13.1 Å². The van der Waals surface area contributed by atoms with Gasteiger partial charge in [0.1, 0.15) is 5.82 Å². The molecule has 0 amide bonds. The van der Waals surface area contributed by atoms with Crippen molar-refractivity contribution < 1.29 is 4.39 Å². The van der Waals surface area contributed by atoms with Crippen LogP contribution in [0.5, 0.6) is 0 Å². The fraction of sp³-hybridized carbons (Fsp3) is 0.250. The molecule has 1 heterocycles. The van der Waals surface area contributed by atoms with Gasteiger partial charge in [-0.1, -0.05) is 6.07 Å². The summed E-state index contributed by atoms with van der Waals surface area (Å²) in [5.41, 5.74) is 8.34. The number of nitrogens with two attached hydrogens (primary N) is 1. The summed E-state index contributed by atoms with van der Waals surface area (Å²) < 4.78 is 14.7. The Hall–Kier alpha value is -1.68. The van der Waals surface area contributed by atoms with Crippen molar-refractivity contribution in [3.05, 3.63) is 53.1 Å². The van der Waals surface area contributed by atoms with Crippen LogP contribution in [0.2, 0.25) is 0 Å². The number of hydrogen-bond donors (Lipinski definition) is 1. The molecule has 3 nitrogen and oxygen atoms in total. The molecule has 2 rings (SSSR count). The van der Waals surface area contributed by atoms with Gasteiger partial charge in [0.05, 0.1) is 12.2 Å². The highest BCUT2D eigenvalue weighted by Crippen LogP contribution is 2.11. The van der Waals surface area contributed by atoms with E-state index in [1.54, 1.807) is 6.07 Å². The van der Waals surface area contributed by atoms with Crippen LogP contribution < -0.4 is 5.73 Å². The lowest BCUT2D eigenvalue weighted by molar-refractivity contribution is 0.621. The molecule has 0 radical (unpaired) electrons. The lowest BCUT2D eigenvalue weighted by Gasteiger charge is -2.05. The average Bonchev–Trinajstić information content (AvgIpc) is 2.70. The fourth-order valence-corrected chi connectivity index (χ4v) is 1.61. The molecule has 0 bridgehead atoms. The van der Waals surface area contributed by atoms with E-state index in [0.717, 1.165) is 16.8 Å². The highest BCUT2D eigenvalue weighted by atomic mass is 19.1. The zero-order valence-corrected chi connectivity index (χ0v) is 9.15. The molecule has 0 aliphatic carbocycles. The van der Waals surface area contributed by atoms with Crippen molar-refractivity contribution in [2.45, 2.75) is 20.0 Å². The Kier molecular flexibility index (Phi) is 3.01. The maximum atomic E-state index is 12.9. The second kappa shape index (κ2) is 4.45. The standard InChI is InChI=1S/C12H14FN3/c1-9-6-11(13)3-2-10(9)8-16-5-4-12(7-14)15-16/h2-6H,7-8,14H2,1H3. The molecule has 2 aromatic rings. The number of nitrogens with zero attached hydrogens (tertiary/aromatic N) is 2. The normalized spacial score (nSPS) is 10.7. The highest BCUT2D eigenvalue weighted by Gasteiger charge is 2.02. The molecule has 2 N–H and O–H groups in total. The summed E-state index contributed by atoms with van der Waals surface area (Å²) in [7, 11) is 0. The van der Waals surface area contributed by atoms with E-state index in [2.05, 4.69) is 5.10 Å². The SMILES string of the molecule is Cc1cc(F)ccc1Cn1ccc(CN)n1. The van der Waals surface area contributed by atoms with Crippen molar-refractivity contribution in [2.75, 3.05) is 0 Å². The van der Waals surface area contributed by atoms with Gasteiger partial charge in [-0.3, -0.25) is 4.68 Å². The molecule has 1 aromatic heterocycles. The first-order valence-corrected chi connectivity index (χ1v) is 5.16. The van der Waals surface area contributed by atoms with Crippen molar-refractivity contribution >= 4 is 0 Å². The van der Waals surface area contributed by atoms with Crippen LogP contribution in [-0.2, 0) is 13.1 Å². The van der Waals surface area contributed by atoms with Gasteiger partial charge >= 0.3 is 0 Å². The van der Waals surface area contributed by atoms with Gasteiger partial charge in [0.2, 0.25) is 0 Å². The first-order chi connectivity index (χ1) is 7.69. The van der Waals surface area contributed by atoms with Crippen LogP contribution in [-0.4, -0.2) is 9.78 Å². The minimum Gasteiger partial charge on any atom is -0.325 e. The van der Waals surface area contributed by atoms with Crippen LogP contribution >= 0.6 is 0 Å². The predicted octanol–water partition coefficient (Wildman–Crippen LogP) is 1.84. The Balaban J connectivity index is 2.20. The highest BCUT2D eigenvalue weighted by molar-refractivity contribution is 5.26. The van der Waals surface area contributed by atoms with E-state index in [4.69, 9.17) is 5.73 Å². The van der Waals surface area contributed by atoms with Crippen LogP contribution in [0, 0.1) is 12.7 Å². The van der Waals surface area contributed by atoms with E-state index in [9.17, 15) is 4.39 Å². The van der Waals surface area contributed by atoms with Gasteiger partial charge in [0.25, 0.3) is 0 Å². The first kappa shape index (κ1) is 10.8. The molecule has 0 atom stereocenters. The largest absolute Gasteiger partial charge is 0.325 e. The smallest absolute Gasteiger partial charge is 0.123 e. The Labute approximate surface area is 93.7 Å².